The zero-order valence-corrected chi connectivity index (χ0v) is 12.0. The van der Waals surface area contributed by atoms with Gasteiger partial charge in [-0.2, -0.15) is 0 Å². The fraction of sp³-hybridized carbons (Fsp3) is 0.533. The minimum atomic E-state index is 0.00366. The molecule has 0 radical (unpaired) electrons. The Balaban J connectivity index is 1.90. The van der Waals surface area contributed by atoms with Gasteiger partial charge >= 0.3 is 0 Å². The van der Waals surface area contributed by atoms with E-state index in [4.69, 9.17) is 5.11 Å². The smallest absolute Gasteiger partial charge is 0.261 e. The van der Waals surface area contributed by atoms with Crippen molar-refractivity contribution in [1.82, 2.24) is 5.32 Å². The van der Waals surface area contributed by atoms with Crippen molar-refractivity contribution < 1.29 is 9.90 Å². The molecule has 0 atom stereocenters. The van der Waals surface area contributed by atoms with Gasteiger partial charge in [-0.05, 0) is 30.9 Å². The summed E-state index contributed by atoms with van der Waals surface area (Å²) in [5, 5.41) is 11.7. The van der Waals surface area contributed by atoms with E-state index in [1.54, 1.807) is 0 Å². The first kappa shape index (κ1) is 14.1. The Kier molecular flexibility index (Phi) is 5.00. The molecule has 1 amide bonds. The zero-order valence-electron chi connectivity index (χ0n) is 11.2. The highest BCUT2D eigenvalue weighted by molar-refractivity contribution is 7.14. The number of rotatable bonds is 5. The Labute approximate surface area is 118 Å². The molecule has 1 saturated carbocycles. The number of hydrogen-bond donors (Lipinski definition) is 2. The van der Waals surface area contributed by atoms with Crippen molar-refractivity contribution in [2.24, 2.45) is 5.92 Å². The second-order valence-electron chi connectivity index (χ2n) is 4.89. The molecule has 102 valence electrons. The summed E-state index contributed by atoms with van der Waals surface area (Å²) in [6, 6.07) is 1.89. The van der Waals surface area contributed by atoms with Crippen LogP contribution < -0.4 is 5.32 Å². The Morgan fingerprint density at radius 1 is 1.58 bits per heavy atom. The molecule has 1 aliphatic carbocycles. The number of aliphatic hydroxyl groups excluding tert-OH is 1. The largest absolute Gasteiger partial charge is 0.395 e. The summed E-state index contributed by atoms with van der Waals surface area (Å²) in [5.41, 5.74) is 1.03. The molecule has 1 heterocycles. The van der Waals surface area contributed by atoms with E-state index in [9.17, 15) is 4.79 Å². The maximum absolute atomic E-state index is 12.0. The number of nitrogens with one attached hydrogen (secondary N) is 1. The molecule has 2 rings (SSSR count). The van der Waals surface area contributed by atoms with Gasteiger partial charge in [0.2, 0.25) is 0 Å². The molecule has 3 nitrogen and oxygen atoms in total. The summed E-state index contributed by atoms with van der Waals surface area (Å²) in [7, 11) is 0. The summed E-state index contributed by atoms with van der Waals surface area (Å²) in [6.07, 6.45) is 4.21. The highest BCUT2D eigenvalue weighted by Crippen LogP contribution is 2.31. The molecule has 1 fully saturated rings. The molecule has 1 aromatic rings. The van der Waals surface area contributed by atoms with Gasteiger partial charge in [-0.3, -0.25) is 4.79 Å². The summed E-state index contributed by atoms with van der Waals surface area (Å²) >= 11 is 1.43. The van der Waals surface area contributed by atoms with Crippen molar-refractivity contribution in [1.29, 1.82) is 0 Å². The average Bonchev–Trinajstić information content (AvgIpc) is 3.13. The predicted molar refractivity (Wildman–Crippen MR) is 77.3 cm³/mol. The van der Waals surface area contributed by atoms with E-state index in [1.165, 1.54) is 24.2 Å². The van der Waals surface area contributed by atoms with Crippen molar-refractivity contribution in [3.63, 3.8) is 0 Å². The number of amides is 1. The summed E-state index contributed by atoms with van der Waals surface area (Å²) in [6.45, 7) is 2.80. The van der Waals surface area contributed by atoms with Gasteiger partial charge in [0.25, 0.3) is 5.91 Å². The Bertz CT molecular complexity index is 506. The summed E-state index contributed by atoms with van der Waals surface area (Å²) in [5.74, 6) is 6.73. The standard InChI is InChI=1S/C15H19NO2S/c1-11-10-14(19-13(11)4-2-3-9-17)15(18)16-8-7-12-5-6-12/h10,12,17H,3,5-9H2,1H3,(H,16,18). The quantitative estimate of drug-likeness (QED) is 0.812. The second kappa shape index (κ2) is 6.74. The van der Waals surface area contributed by atoms with Gasteiger partial charge in [0.15, 0.2) is 0 Å². The minimum Gasteiger partial charge on any atom is -0.395 e. The number of hydrogen-bond acceptors (Lipinski definition) is 3. The fourth-order valence-electron chi connectivity index (χ4n) is 1.80. The van der Waals surface area contributed by atoms with Crippen molar-refractivity contribution in [3.05, 3.63) is 21.4 Å². The van der Waals surface area contributed by atoms with Crippen LogP contribution in [0.15, 0.2) is 6.07 Å². The van der Waals surface area contributed by atoms with E-state index in [2.05, 4.69) is 17.2 Å². The highest BCUT2D eigenvalue weighted by atomic mass is 32.1. The lowest BCUT2D eigenvalue weighted by molar-refractivity contribution is 0.0956. The van der Waals surface area contributed by atoms with Crippen LogP contribution in [0.5, 0.6) is 0 Å². The average molecular weight is 277 g/mol. The van der Waals surface area contributed by atoms with Gasteiger partial charge in [0, 0.05) is 13.0 Å². The molecule has 0 unspecified atom stereocenters. The second-order valence-corrected chi connectivity index (χ2v) is 5.94. The van der Waals surface area contributed by atoms with Crippen LogP contribution in [0.25, 0.3) is 0 Å². The van der Waals surface area contributed by atoms with Gasteiger partial charge in [-0.15, -0.1) is 11.3 Å². The molecule has 1 aromatic heterocycles. The van der Waals surface area contributed by atoms with Gasteiger partial charge in [0.05, 0.1) is 16.4 Å². The molecule has 0 saturated heterocycles. The van der Waals surface area contributed by atoms with Crippen molar-refractivity contribution >= 4 is 17.2 Å². The third-order valence-corrected chi connectivity index (χ3v) is 4.27. The minimum absolute atomic E-state index is 0.00366. The molecule has 2 N–H and O–H groups in total. The fourth-order valence-corrected chi connectivity index (χ4v) is 2.76. The monoisotopic (exact) mass is 277 g/mol. The molecule has 1 aliphatic rings. The Hall–Kier alpha value is -1.31. The maximum Gasteiger partial charge on any atom is 0.261 e. The van der Waals surface area contributed by atoms with Crippen LogP contribution in [0.4, 0.5) is 0 Å². The normalized spacial score (nSPS) is 13.8. The van der Waals surface area contributed by atoms with Crippen molar-refractivity contribution in [2.45, 2.75) is 32.6 Å². The first-order valence-electron chi connectivity index (χ1n) is 6.69. The highest BCUT2D eigenvalue weighted by Gasteiger charge is 2.21. The number of thiophene rings is 1. The first-order chi connectivity index (χ1) is 9.20. The number of carbonyl (C=O) groups is 1. The van der Waals surface area contributed by atoms with Crippen LogP contribution in [-0.2, 0) is 0 Å². The Morgan fingerprint density at radius 3 is 3.05 bits per heavy atom. The van der Waals surface area contributed by atoms with Gasteiger partial charge in [-0.1, -0.05) is 24.7 Å². The van der Waals surface area contributed by atoms with Crippen LogP contribution in [0, 0.1) is 24.7 Å². The molecule has 0 aliphatic heterocycles. The molecule has 19 heavy (non-hydrogen) atoms. The molecular formula is C15H19NO2S. The zero-order chi connectivity index (χ0) is 13.7. The van der Waals surface area contributed by atoms with E-state index in [0.717, 1.165) is 34.2 Å². The van der Waals surface area contributed by atoms with Gasteiger partial charge in [-0.25, -0.2) is 0 Å². The first-order valence-corrected chi connectivity index (χ1v) is 7.50. The van der Waals surface area contributed by atoms with E-state index in [1.807, 2.05) is 13.0 Å². The van der Waals surface area contributed by atoms with E-state index in [-0.39, 0.29) is 12.5 Å². The van der Waals surface area contributed by atoms with Crippen molar-refractivity contribution in [3.8, 4) is 11.8 Å². The summed E-state index contributed by atoms with van der Waals surface area (Å²) in [4.78, 5) is 13.6. The lowest BCUT2D eigenvalue weighted by Crippen LogP contribution is -2.23. The van der Waals surface area contributed by atoms with E-state index < -0.39 is 0 Å². The van der Waals surface area contributed by atoms with Crippen LogP contribution in [0.2, 0.25) is 0 Å². The van der Waals surface area contributed by atoms with Crippen LogP contribution in [-0.4, -0.2) is 24.2 Å². The number of aryl methyl sites for hydroxylation is 1. The maximum atomic E-state index is 12.0. The van der Waals surface area contributed by atoms with Crippen LogP contribution in [0.3, 0.4) is 0 Å². The van der Waals surface area contributed by atoms with E-state index in [0.29, 0.717) is 6.42 Å². The third kappa shape index (κ3) is 4.38. The van der Waals surface area contributed by atoms with E-state index >= 15 is 0 Å². The van der Waals surface area contributed by atoms with Gasteiger partial charge < -0.3 is 10.4 Å². The van der Waals surface area contributed by atoms with Crippen LogP contribution >= 0.6 is 11.3 Å². The van der Waals surface area contributed by atoms with Crippen molar-refractivity contribution in [2.75, 3.05) is 13.2 Å². The molecule has 0 spiro atoms. The molecule has 0 aromatic carbocycles. The number of carbonyl (C=O) groups excluding carboxylic acids is 1. The topological polar surface area (TPSA) is 49.3 Å². The Morgan fingerprint density at radius 2 is 2.37 bits per heavy atom. The molecule has 0 bridgehead atoms. The van der Waals surface area contributed by atoms with Crippen LogP contribution in [0.1, 0.15) is 45.8 Å². The van der Waals surface area contributed by atoms with Gasteiger partial charge in [0.1, 0.15) is 0 Å². The lowest BCUT2D eigenvalue weighted by Gasteiger charge is -2.01. The SMILES string of the molecule is Cc1cc(C(=O)NCCC2CC2)sc1C#CCCO. The predicted octanol–water partition coefficient (Wildman–Crippen LogP) is 2.32. The summed E-state index contributed by atoms with van der Waals surface area (Å²) < 4.78 is 0. The third-order valence-electron chi connectivity index (χ3n) is 3.12. The lowest BCUT2D eigenvalue weighted by atomic mass is 10.2. The molecule has 4 heteroatoms. The number of aliphatic hydroxyl groups is 1. The molecular weight excluding hydrogens is 258 g/mol.